The van der Waals surface area contributed by atoms with E-state index in [4.69, 9.17) is 0 Å². The fraction of sp³-hybridized carbons (Fsp3) is 0.400. The van der Waals surface area contributed by atoms with Crippen LogP contribution in [0, 0.1) is 0 Å². The molecule has 0 aliphatic heterocycles. The third kappa shape index (κ3) is 7.39. The van der Waals surface area contributed by atoms with Crippen molar-refractivity contribution in [2.75, 3.05) is 50.5 Å². The number of carbonyl (C=O) groups is 1. The summed E-state index contributed by atoms with van der Waals surface area (Å²) in [7, 11) is 4.12. The maximum Gasteiger partial charge on any atom is 0.185 e. The fourth-order valence-electron chi connectivity index (χ4n) is 3.24. The molecule has 0 atom stereocenters. The number of allylic oxidation sites excluding steroid dienone is 1. The van der Waals surface area contributed by atoms with Crippen LogP contribution in [-0.4, -0.2) is 51.0 Å². The second-order valence-electron chi connectivity index (χ2n) is 7.55. The average molecular weight is 394 g/mol. The van der Waals surface area contributed by atoms with E-state index in [1.165, 1.54) is 0 Å². The Morgan fingerprint density at radius 1 is 0.966 bits per heavy atom. The van der Waals surface area contributed by atoms with Gasteiger partial charge in [0.1, 0.15) is 0 Å². The van der Waals surface area contributed by atoms with Crippen molar-refractivity contribution in [3.63, 3.8) is 0 Å². The van der Waals surface area contributed by atoms with Crippen molar-refractivity contribution in [1.29, 1.82) is 0 Å². The molecule has 29 heavy (non-hydrogen) atoms. The molecule has 4 heteroatoms. The fourth-order valence-corrected chi connectivity index (χ4v) is 3.24. The molecule has 0 aliphatic rings. The summed E-state index contributed by atoms with van der Waals surface area (Å²) >= 11 is 0. The minimum absolute atomic E-state index is 0.0305. The van der Waals surface area contributed by atoms with Crippen molar-refractivity contribution in [3.05, 3.63) is 65.7 Å². The number of carbonyl (C=O) groups excluding carboxylic acids is 1. The van der Waals surface area contributed by atoms with Gasteiger partial charge in [0.15, 0.2) is 5.78 Å². The summed E-state index contributed by atoms with van der Waals surface area (Å²) in [5.74, 6) is 0.0305. The summed E-state index contributed by atoms with van der Waals surface area (Å²) in [4.78, 5) is 17.3. The van der Waals surface area contributed by atoms with Crippen LogP contribution in [0.3, 0.4) is 0 Å². The number of hydrogen-bond acceptors (Lipinski definition) is 4. The van der Waals surface area contributed by atoms with Gasteiger partial charge in [-0.1, -0.05) is 44.2 Å². The molecule has 156 valence electrons. The molecular weight excluding hydrogens is 358 g/mol. The summed E-state index contributed by atoms with van der Waals surface area (Å²) in [5, 5.41) is 3.45. The van der Waals surface area contributed by atoms with E-state index in [1.807, 2.05) is 48.5 Å². The van der Waals surface area contributed by atoms with Gasteiger partial charge in [0.2, 0.25) is 0 Å². The van der Waals surface area contributed by atoms with Crippen molar-refractivity contribution in [2.24, 2.45) is 0 Å². The van der Waals surface area contributed by atoms with Gasteiger partial charge in [0.25, 0.3) is 0 Å². The average Bonchev–Trinajstić information content (AvgIpc) is 2.72. The quantitative estimate of drug-likeness (QED) is 0.398. The molecule has 2 rings (SSSR count). The maximum absolute atomic E-state index is 12.8. The third-order valence-electron chi connectivity index (χ3n) is 4.73. The highest BCUT2D eigenvalue weighted by atomic mass is 16.1. The van der Waals surface area contributed by atoms with Crippen LogP contribution in [0.1, 0.15) is 42.6 Å². The first kappa shape index (κ1) is 22.7. The monoisotopic (exact) mass is 393 g/mol. The molecule has 0 aliphatic carbocycles. The first-order chi connectivity index (χ1) is 14.0. The molecule has 0 unspecified atom stereocenters. The highest BCUT2D eigenvalue weighted by Crippen LogP contribution is 2.20. The lowest BCUT2D eigenvalue weighted by Crippen LogP contribution is -2.24. The Bertz CT molecular complexity index is 792. The van der Waals surface area contributed by atoms with E-state index < -0.39 is 0 Å². The molecule has 0 saturated heterocycles. The Kier molecular flexibility index (Phi) is 9.45. The van der Waals surface area contributed by atoms with Crippen molar-refractivity contribution >= 4 is 23.2 Å². The summed E-state index contributed by atoms with van der Waals surface area (Å²) < 4.78 is 0. The van der Waals surface area contributed by atoms with E-state index in [2.05, 4.69) is 49.1 Å². The van der Waals surface area contributed by atoms with Gasteiger partial charge in [-0.2, -0.15) is 0 Å². The Morgan fingerprint density at radius 3 is 2.38 bits per heavy atom. The number of nitrogens with one attached hydrogen (secondary N) is 1. The summed E-state index contributed by atoms with van der Waals surface area (Å²) in [5.41, 5.74) is 3.92. The Hall–Kier alpha value is -2.59. The highest BCUT2D eigenvalue weighted by Gasteiger charge is 2.08. The predicted molar refractivity (Wildman–Crippen MR) is 126 cm³/mol. The van der Waals surface area contributed by atoms with E-state index in [9.17, 15) is 4.79 Å². The number of ketones is 1. The first-order valence-electron chi connectivity index (χ1n) is 10.6. The smallest absolute Gasteiger partial charge is 0.185 e. The first-order valence-corrected chi connectivity index (χ1v) is 10.6. The highest BCUT2D eigenvalue weighted by molar-refractivity contribution is 6.07. The lowest BCUT2D eigenvalue weighted by atomic mass is 10.1. The van der Waals surface area contributed by atoms with Crippen LogP contribution >= 0.6 is 0 Å². The van der Waals surface area contributed by atoms with Crippen LogP contribution in [0.4, 0.5) is 11.4 Å². The number of hydrogen-bond donors (Lipinski definition) is 1. The molecule has 0 heterocycles. The Morgan fingerprint density at radius 2 is 1.69 bits per heavy atom. The maximum atomic E-state index is 12.8. The number of nitrogens with zero attached hydrogens (tertiary/aromatic N) is 2. The van der Waals surface area contributed by atoms with Gasteiger partial charge >= 0.3 is 0 Å². The lowest BCUT2D eigenvalue weighted by molar-refractivity contribution is 0.104. The van der Waals surface area contributed by atoms with Gasteiger partial charge in [-0.15, -0.1) is 0 Å². The van der Waals surface area contributed by atoms with Crippen molar-refractivity contribution in [3.8, 4) is 0 Å². The molecule has 0 bridgehead atoms. The molecular formula is C25H35N3O. The number of anilines is 2. The number of para-hydroxylation sites is 1. The topological polar surface area (TPSA) is 35.6 Å². The third-order valence-corrected chi connectivity index (χ3v) is 4.73. The zero-order valence-electron chi connectivity index (χ0n) is 18.3. The molecule has 0 spiro atoms. The summed E-state index contributed by atoms with van der Waals surface area (Å²) in [6.45, 7) is 8.20. The molecule has 1 N–H and O–H groups in total. The molecule has 0 fully saturated rings. The van der Waals surface area contributed by atoms with Gasteiger partial charge in [-0.25, -0.2) is 0 Å². The van der Waals surface area contributed by atoms with Crippen LogP contribution in [-0.2, 0) is 0 Å². The predicted octanol–water partition coefficient (Wildman–Crippen LogP) is 5.18. The van der Waals surface area contributed by atoms with E-state index in [-0.39, 0.29) is 5.78 Å². The number of rotatable bonds is 12. The standard InChI is InChI=1S/C25H35N3O/c1-5-17-28(18-6-2)23-12-9-11-22(20-23)25(29)15-14-21-10-7-8-13-24(21)26-16-19-27(3)4/h7-15,20,26H,5-6,16-19H2,1-4H3/b15-14+. The molecule has 2 aromatic rings. The van der Waals surface area contributed by atoms with E-state index >= 15 is 0 Å². The number of likely N-dealkylation sites (N-methyl/N-ethyl adjacent to an activating group) is 1. The second kappa shape index (κ2) is 12.1. The van der Waals surface area contributed by atoms with Gasteiger partial charge in [-0.05, 0) is 62.9 Å². The van der Waals surface area contributed by atoms with Crippen molar-refractivity contribution in [2.45, 2.75) is 26.7 Å². The molecule has 2 aromatic carbocycles. The van der Waals surface area contributed by atoms with E-state index in [1.54, 1.807) is 6.08 Å². The van der Waals surface area contributed by atoms with Gasteiger partial charge < -0.3 is 15.1 Å². The molecule has 0 aromatic heterocycles. The lowest BCUT2D eigenvalue weighted by Gasteiger charge is -2.24. The molecule has 0 amide bonds. The van der Waals surface area contributed by atoms with Crippen LogP contribution in [0.15, 0.2) is 54.6 Å². The van der Waals surface area contributed by atoms with E-state index in [0.29, 0.717) is 0 Å². The van der Waals surface area contributed by atoms with Crippen LogP contribution in [0.2, 0.25) is 0 Å². The normalized spacial score (nSPS) is 11.2. The summed E-state index contributed by atoms with van der Waals surface area (Å²) in [6, 6.07) is 16.1. The summed E-state index contributed by atoms with van der Waals surface area (Å²) in [6.07, 6.45) is 5.77. The SMILES string of the molecule is CCCN(CCC)c1cccc(C(=O)/C=C/c2ccccc2NCCN(C)C)c1. The molecule has 0 radical (unpaired) electrons. The largest absolute Gasteiger partial charge is 0.383 e. The number of benzene rings is 2. The Labute approximate surface area is 176 Å². The Balaban J connectivity index is 2.12. The van der Waals surface area contributed by atoms with Crippen LogP contribution in [0.25, 0.3) is 6.08 Å². The van der Waals surface area contributed by atoms with Crippen molar-refractivity contribution < 1.29 is 4.79 Å². The zero-order valence-corrected chi connectivity index (χ0v) is 18.3. The van der Waals surface area contributed by atoms with Gasteiger partial charge in [-0.3, -0.25) is 4.79 Å². The van der Waals surface area contributed by atoms with E-state index in [0.717, 1.165) is 61.5 Å². The molecule has 0 saturated carbocycles. The zero-order chi connectivity index (χ0) is 21.1. The second-order valence-corrected chi connectivity index (χ2v) is 7.55. The minimum Gasteiger partial charge on any atom is -0.383 e. The minimum atomic E-state index is 0.0305. The van der Waals surface area contributed by atoms with Crippen LogP contribution < -0.4 is 10.2 Å². The van der Waals surface area contributed by atoms with Gasteiger partial charge in [0.05, 0.1) is 0 Å². The van der Waals surface area contributed by atoms with Gasteiger partial charge in [0, 0.05) is 43.1 Å². The van der Waals surface area contributed by atoms with Crippen LogP contribution in [0.5, 0.6) is 0 Å². The molecule has 4 nitrogen and oxygen atoms in total. The van der Waals surface area contributed by atoms with Crippen molar-refractivity contribution in [1.82, 2.24) is 4.90 Å².